The number of hydrogen-bond acceptors (Lipinski definition) is 2. The Bertz CT molecular complexity index is 156. The maximum atomic E-state index is 10.7. The van der Waals surface area contributed by atoms with Crippen LogP contribution < -0.4 is 0 Å². The van der Waals surface area contributed by atoms with Gasteiger partial charge in [0.1, 0.15) is 11.7 Å². The van der Waals surface area contributed by atoms with Gasteiger partial charge in [-0.05, 0) is 25.7 Å². The summed E-state index contributed by atoms with van der Waals surface area (Å²) in [5.74, 6) is -1.76. The maximum Gasteiger partial charge on any atom is 0.314 e. The maximum absolute atomic E-state index is 10.7. The van der Waals surface area contributed by atoms with E-state index in [0.717, 1.165) is 12.8 Å². The Labute approximate surface area is 59.0 Å². The molecule has 3 heteroatoms. The first-order chi connectivity index (χ1) is 4.63. The van der Waals surface area contributed by atoms with Crippen molar-refractivity contribution in [3.63, 3.8) is 0 Å². The van der Waals surface area contributed by atoms with Crippen LogP contribution in [0.1, 0.15) is 19.8 Å². The molecule has 56 valence electrons. The van der Waals surface area contributed by atoms with Gasteiger partial charge in [0.15, 0.2) is 0 Å². The van der Waals surface area contributed by atoms with Crippen molar-refractivity contribution in [2.24, 2.45) is 11.8 Å². The van der Waals surface area contributed by atoms with E-state index in [1.165, 1.54) is 6.92 Å². The topological polar surface area (TPSA) is 54.4 Å². The molecule has 0 aromatic heterocycles. The zero-order valence-corrected chi connectivity index (χ0v) is 5.83. The van der Waals surface area contributed by atoms with Crippen molar-refractivity contribution in [1.29, 1.82) is 0 Å². The van der Waals surface area contributed by atoms with Crippen molar-refractivity contribution >= 4 is 11.8 Å². The molecule has 1 atom stereocenters. The molecule has 0 amide bonds. The summed E-state index contributed by atoms with van der Waals surface area (Å²) in [5, 5.41) is 8.53. The van der Waals surface area contributed by atoms with Crippen LogP contribution in [0, 0.1) is 11.8 Å². The lowest BCUT2D eigenvalue weighted by molar-refractivity contribution is -0.146. The number of ketones is 1. The molecule has 1 aliphatic carbocycles. The van der Waals surface area contributed by atoms with Crippen molar-refractivity contribution in [2.45, 2.75) is 19.8 Å². The van der Waals surface area contributed by atoms with Gasteiger partial charge in [0.25, 0.3) is 0 Å². The van der Waals surface area contributed by atoms with E-state index in [1.807, 2.05) is 0 Å². The van der Waals surface area contributed by atoms with E-state index >= 15 is 0 Å². The molecule has 1 N–H and O–H groups in total. The van der Waals surface area contributed by atoms with Crippen LogP contribution in [0.2, 0.25) is 0 Å². The third-order valence-electron chi connectivity index (χ3n) is 1.80. The lowest BCUT2D eigenvalue weighted by atomic mass is 10.0. The highest BCUT2D eigenvalue weighted by atomic mass is 16.4. The van der Waals surface area contributed by atoms with E-state index in [-0.39, 0.29) is 11.7 Å². The van der Waals surface area contributed by atoms with E-state index in [0.29, 0.717) is 0 Å². The third kappa shape index (κ3) is 1.35. The van der Waals surface area contributed by atoms with Crippen molar-refractivity contribution in [3.8, 4) is 0 Å². The second-order valence-electron chi connectivity index (χ2n) is 2.76. The summed E-state index contributed by atoms with van der Waals surface area (Å²) in [5.41, 5.74) is 0. The molecule has 0 saturated heterocycles. The standard InChI is InChI=1S/C7H10O3/c1-4(8)6(7(9)10)5-2-3-5/h5-6H,2-3H2,1H3,(H,9,10). The van der Waals surface area contributed by atoms with Gasteiger partial charge >= 0.3 is 5.97 Å². The van der Waals surface area contributed by atoms with E-state index in [1.54, 1.807) is 0 Å². The molecule has 1 unspecified atom stereocenters. The van der Waals surface area contributed by atoms with Gasteiger partial charge in [0, 0.05) is 0 Å². The Morgan fingerprint density at radius 3 is 2.10 bits per heavy atom. The van der Waals surface area contributed by atoms with Crippen LogP contribution in [0.25, 0.3) is 0 Å². The second-order valence-corrected chi connectivity index (χ2v) is 2.76. The number of carboxylic acids is 1. The summed E-state index contributed by atoms with van der Waals surface area (Å²) in [4.78, 5) is 21.1. The van der Waals surface area contributed by atoms with Crippen LogP contribution in [0.15, 0.2) is 0 Å². The average Bonchev–Trinajstić information content (AvgIpc) is 2.46. The smallest absolute Gasteiger partial charge is 0.314 e. The Morgan fingerprint density at radius 1 is 1.50 bits per heavy atom. The van der Waals surface area contributed by atoms with Gasteiger partial charge in [0.05, 0.1) is 0 Å². The number of carboxylic acid groups (broad SMARTS) is 1. The molecular formula is C7H10O3. The fourth-order valence-corrected chi connectivity index (χ4v) is 1.14. The molecule has 0 bridgehead atoms. The summed E-state index contributed by atoms with van der Waals surface area (Å²) < 4.78 is 0. The third-order valence-corrected chi connectivity index (χ3v) is 1.80. The minimum Gasteiger partial charge on any atom is -0.481 e. The molecule has 0 radical (unpaired) electrons. The van der Waals surface area contributed by atoms with Crippen LogP contribution in [0.5, 0.6) is 0 Å². The predicted octanol–water partition coefficient (Wildman–Crippen LogP) is 0.686. The highest BCUT2D eigenvalue weighted by Crippen LogP contribution is 2.37. The van der Waals surface area contributed by atoms with Gasteiger partial charge < -0.3 is 5.11 Å². The molecule has 0 aliphatic heterocycles. The molecule has 1 saturated carbocycles. The summed E-state index contributed by atoms with van der Waals surface area (Å²) in [6, 6.07) is 0. The van der Waals surface area contributed by atoms with Gasteiger partial charge in [-0.2, -0.15) is 0 Å². The number of carbonyl (C=O) groups excluding carboxylic acids is 1. The van der Waals surface area contributed by atoms with Crippen LogP contribution in [-0.2, 0) is 9.59 Å². The Hall–Kier alpha value is -0.860. The molecular weight excluding hydrogens is 132 g/mol. The van der Waals surface area contributed by atoms with Crippen LogP contribution >= 0.6 is 0 Å². The number of aliphatic carboxylic acids is 1. The largest absolute Gasteiger partial charge is 0.481 e. The number of rotatable bonds is 3. The lowest BCUT2D eigenvalue weighted by Gasteiger charge is -2.04. The first-order valence-corrected chi connectivity index (χ1v) is 3.36. The highest BCUT2D eigenvalue weighted by molar-refractivity contribution is 5.97. The SMILES string of the molecule is CC(=O)C(C(=O)O)C1CC1. The van der Waals surface area contributed by atoms with Crippen molar-refractivity contribution in [3.05, 3.63) is 0 Å². The number of hydrogen-bond donors (Lipinski definition) is 1. The minimum atomic E-state index is -0.963. The van der Waals surface area contributed by atoms with Gasteiger partial charge in [0.2, 0.25) is 0 Å². The van der Waals surface area contributed by atoms with Crippen molar-refractivity contribution < 1.29 is 14.7 Å². The van der Waals surface area contributed by atoms with Crippen LogP contribution in [0.3, 0.4) is 0 Å². The Balaban J connectivity index is 2.58. The van der Waals surface area contributed by atoms with Crippen molar-refractivity contribution in [1.82, 2.24) is 0 Å². The average molecular weight is 142 g/mol. The monoisotopic (exact) mass is 142 g/mol. The van der Waals surface area contributed by atoms with Crippen LogP contribution in [0.4, 0.5) is 0 Å². The highest BCUT2D eigenvalue weighted by Gasteiger charge is 2.39. The van der Waals surface area contributed by atoms with Gasteiger partial charge in [-0.1, -0.05) is 0 Å². The molecule has 1 aliphatic rings. The quantitative estimate of drug-likeness (QED) is 0.590. The first-order valence-electron chi connectivity index (χ1n) is 3.36. The summed E-state index contributed by atoms with van der Waals surface area (Å²) in [6.07, 6.45) is 1.80. The Kier molecular flexibility index (Phi) is 1.74. The predicted molar refractivity (Wildman–Crippen MR) is 34.5 cm³/mol. The molecule has 1 fully saturated rings. The van der Waals surface area contributed by atoms with Gasteiger partial charge in [-0.25, -0.2) is 0 Å². The normalized spacial score (nSPS) is 20.1. The molecule has 3 nitrogen and oxygen atoms in total. The molecule has 0 aromatic carbocycles. The van der Waals surface area contributed by atoms with Crippen molar-refractivity contribution in [2.75, 3.05) is 0 Å². The summed E-state index contributed by atoms with van der Waals surface area (Å²) >= 11 is 0. The summed E-state index contributed by atoms with van der Waals surface area (Å²) in [6.45, 7) is 1.34. The zero-order chi connectivity index (χ0) is 7.72. The Morgan fingerprint density at radius 2 is 2.00 bits per heavy atom. The fraction of sp³-hybridized carbons (Fsp3) is 0.714. The van der Waals surface area contributed by atoms with Crippen LogP contribution in [-0.4, -0.2) is 16.9 Å². The van der Waals surface area contributed by atoms with E-state index in [9.17, 15) is 9.59 Å². The number of carbonyl (C=O) groups is 2. The minimum absolute atomic E-state index is 0.134. The lowest BCUT2D eigenvalue weighted by Crippen LogP contribution is -2.23. The molecule has 0 spiro atoms. The van der Waals surface area contributed by atoms with E-state index in [2.05, 4.69) is 0 Å². The number of Topliss-reactive ketones (excluding diaryl/α,β-unsaturated/α-hetero) is 1. The molecule has 10 heavy (non-hydrogen) atoms. The second kappa shape index (κ2) is 2.40. The fourth-order valence-electron chi connectivity index (χ4n) is 1.14. The van der Waals surface area contributed by atoms with Gasteiger partial charge in [-0.3, -0.25) is 9.59 Å². The first kappa shape index (κ1) is 7.25. The molecule has 0 heterocycles. The summed E-state index contributed by atoms with van der Waals surface area (Å²) in [7, 11) is 0. The van der Waals surface area contributed by atoms with Gasteiger partial charge in [-0.15, -0.1) is 0 Å². The molecule has 0 aromatic rings. The van der Waals surface area contributed by atoms with E-state index < -0.39 is 11.9 Å². The molecule has 1 rings (SSSR count). The van der Waals surface area contributed by atoms with E-state index in [4.69, 9.17) is 5.11 Å². The zero-order valence-electron chi connectivity index (χ0n) is 5.83.